The highest BCUT2D eigenvalue weighted by Crippen LogP contribution is 2.59. The van der Waals surface area contributed by atoms with E-state index in [9.17, 15) is 8.77 Å². The molecule has 0 saturated carbocycles. The molecule has 0 aliphatic carbocycles. The summed E-state index contributed by atoms with van der Waals surface area (Å²) in [5, 5.41) is 0. The molecule has 0 aliphatic heterocycles. The van der Waals surface area contributed by atoms with Crippen molar-refractivity contribution in [2.24, 2.45) is 0 Å². The van der Waals surface area contributed by atoms with Gasteiger partial charge in [-0.25, -0.2) is 4.57 Å². The van der Waals surface area contributed by atoms with Crippen molar-refractivity contribution in [2.45, 2.75) is 25.9 Å². The van der Waals surface area contributed by atoms with Gasteiger partial charge in [-0.2, -0.15) is 0 Å². The van der Waals surface area contributed by atoms with Gasteiger partial charge >= 0.3 is 6.80 Å². The first-order valence-corrected chi connectivity index (χ1v) is 16.8. The van der Waals surface area contributed by atoms with Gasteiger partial charge < -0.3 is 23.6 Å². The maximum atomic E-state index is 12.8. The summed E-state index contributed by atoms with van der Waals surface area (Å²) in [5.74, 6) is 3.08. The first kappa shape index (κ1) is 31.8. The van der Waals surface area contributed by atoms with Crippen LogP contribution in [0, 0.1) is 0 Å². The molecule has 2 aromatic rings. The molecule has 37 heavy (non-hydrogen) atoms. The van der Waals surface area contributed by atoms with Gasteiger partial charge in [0, 0.05) is 41.7 Å². The number of para-hydroxylation sites is 1. The van der Waals surface area contributed by atoms with Crippen molar-refractivity contribution in [1.29, 1.82) is 0 Å². The average molecular weight is 574 g/mol. The van der Waals surface area contributed by atoms with Crippen LogP contribution in [-0.4, -0.2) is 80.7 Å². The van der Waals surface area contributed by atoms with Gasteiger partial charge in [-0.3, -0.25) is 8.73 Å². The fraction of sp³-hybridized carbons (Fsp3) is 0.538. The van der Waals surface area contributed by atoms with Crippen molar-refractivity contribution in [2.75, 3.05) is 65.5 Å². The highest BCUT2D eigenvalue weighted by atomic mass is 32.7. The molecule has 0 saturated heterocycles. The molecule has 2 rings (SSSR count). The molecule has 2 unspecified atom stereocenters. The lowest BCUT2D eigenvalue weighted by Crippen LogP contribution is -2.34. The van der Waals surface area contributed by atoms with E-state index in [4.69, 9.17) is 23.3 Å². The zero-order valence-electron chi connectivity index (χ0n) is 22.4. The predicted octanol–water partition coefficient (Wildman–Crippen LogP) is 5.04. The lowest BCUT2D eigenvalue weighted by atomic mass is 10.0. The van der Waals surface area contributed by atoms with Crippen molar-refractivity contribution < 1.29 is 32.0 Å². The van der Waals surface area contributed by atoms with Gasteiger partial charge in [-0.05, 0) is 67.6 Å². The summed E-state index contributed by atoms with van der Waals surface area (Å²) in [6, 6.07) is 16.1. The molecular weight excluding hydrogens is 533 g/mol. The fourth-order valence-electron chi connectivity index (χ4n) is 3.42. The molecule has 11 heteroatoms. The maximum Gasteiger partial charge on any atom is 0.390 e. The predicted molar refractivity (Wildman–Crippen MR) is 152 cm³/mol. The molecular formula is C26H40NO7PS2. The van der Waals surface area contributed by atoms with E-state index in [0.717, 1.165) is 41.3 Å². The van der Waals surface area contributed by atoms with Crippen molar-refractivity contribution in [1.82, 2.24) is 4.90 Å². The second-order valence-electron chi connectivity index (χ2n) is 8.46. The third-order valence-electron chi connectivity index (χ3n) is 5.40. The highest BCUT2D eigenvalue weighted by Gasteiger charge is 2.25. The van der Waals surface area contributed by atoms with Crippen LogP contribution >= 0.6 is 18.2 Å². The van der Waals surface area contributed by atoms with E-state index in [0.29, 0.717) is 30.4 Å². The minimum absolute atomic E-state index is 0.200. The fourth-order valence-corrected chi connectivity index (χ4v) is 7.46. The first-order chi connectivity index (χ1) is 17.8. The van der Waals surface area contributed by atoms with E-state index >= 15 is 0 Å². The number of ether oxygens (including phenoxy) is 3. The van der Waals surface area contributed by atoms with Crippen LogP contribution in [0.2, 0.25) is 0 Å². The van der Waals surface area contributed by atoms with Crippen molar-refractivity contribution in [3.8, 4) is 11.5 Å². The van der Waals surface area contributed by atoms with Crippen LogP contribution in [0.3, 0.4) is 0 Å². The molecule has 0 N–H and O–H groups in total. The van der Waals surface area contributed by atoms with Gasteiger partial charge in [0.25, 0.3) is 0 Å². The topological polar surface area (TPSA) is 83.5 Å². The van der Waals surface area contributed by atoms with Gasteiger partial charge in [0.2, 0.25) is 0 Å². The highest BCUT2D eigenvalue weighted by molar-refractivity contribution is 8.55. The van der Waals surface area contributed by atoms with E-state index in [2.05, 4.69) is 12.1 Å². The van der Waals surface area contributed by atoms with E-state index in [1.807, 2.05) is 62.3 Å². The Kier molecular flexibility index (Phi) is 14.8. The van der Waals surface area contributed by atoms with E-state index in [-0.39, 0.29) is 12.9 Å². The Morgan fingerprint density at radius 2 is 1.86 bits per heavy atom. The van der Waals surface area contributed by atoms with Gasteiger partial charge in [0.15, 0.2) is 6.79 Å². The summed E-state index contributed by atoms with van der Waals surface area (Å²) < 4.78 is 52.4. The minimum Gasteiger partial charge on any atom is -0.497 e. The van der Waals surface area contributed by atoms with Crippen LogP contribution < -0.4 is 9.47 Å². The monoisotopic (exact) mass is 573 g/mol. The summed E-state index contributed by atoms with van der Waals surface area (Å²) in [6.45, 7) is -0.843. The number of nitrogens with zero attached hydrogens (tertiary/aromatic N) is 1. The molecule has 0 aromatic heterocycles. The summed E-state index contributed by atoms with van der Waals surface area (Å²) in [6.07, 6.45) is 1.37. The molecule has 0 fully saturated rings. The van der Waals surface area contributed by atoms with Gasteiger partial charge in [-0.15, -0.1) is 0 Å². The molecule has 3 atom stereocenters. The Morgan fingerprint density at radius 3 is 2.57 bits per heavy atom. The third-order valence-corrected chi connectivity index (χ3v) is 10.8. The molecule has 0 bridgehead atoms. The number of hydrogen-bond acceptors (Lipinski definition) is 9. The quantitative estimate of drug-likeness (QED) is 0.170. The van der Waals surface area contributed by atoms with Crippen LogP contribution in [-0.2, 0) is 42.0 Å². The normalized spacial score (nSPS) is 14.8. The Hall–Kier alpha value is -1.39. The Balaban J connectivity index is 1.92. The van der Waals surface area contributed by atoms with Crippen LogP contribution in [0.5, 0.6) is 11.5 Å². The van der Waals surface area contributed by atoms with Gasteiger partial charge in [0.1, 0.15) is 24.2 Å². The standard InChI is InChI=1S/C26H40NO7PS2/c1-6-37(29)17-16-36-35(28,31-5)34-21-33-25(19-27(2)3)20-32-26-13-8-7-11-23(26)15-14-22-10-9-12-24(18-22)30-4/h7-13,18,25H,6,14-17,19-21H2,1-5H3/t25-,35?,37?/m0/s1. The van der Waals surface area contributed by atoms with Gasteiger partial charge in [0.05, 0.1) is 7.11 Å². The molecule has 0 aliphatic rings. The Labute approximate surface area is 228 Å². The lowest BCUT2D eigenvalue weighted by molar-refractivity contribution is -0.0624. The maximum absolute atomic E-state index is 12.8. The number of methoxy groups -OCH3 is 1. The van der Waals surface area contributed by atoms with E-state index in [1.54, 1.807) is 7.11 Å². The minimum atomic E-state index is -3.39. The SMILES string of the molecule is CCS(=O)CCSP(=O)(OC)OCO[C@H](COc1ccccc1CCc1cccc(OC)c1)CN(C)C. The Morgan fingerprint density at radius 1 is 1.08 bits per heavy atom. The van der Waals surface area contributed by atoms with Crippen molar-refractivity contribution in [3.05, 3.63) is 59.7 Å². The van der Waals surface area contributed by atoms with Gasteiger partial charge in [-0.1, -0.05) is 37.3 Å². The van der Waals surface area contributed by atoms with Crippen LogP contribution in [0.4, 0.5) is 0 Å². The number of aryl methyl sites for hydroxylation is 2. The summed E-state index contributed by atoms with van der Waals surface area (Å²) in [4.78, 5) is 1.99. The number of benzene rings is 2. The first-order valence-electron chi connectivity index (χ1n) is 12.2. The number of likely N-dealkylation sites (N-methyl/N-ethyl adjacent to an activating group) is 1. The molecule has 0 heterocycles. The third kappa shape index (κ3) is 12.3. The molecule has 8 nitrogen and oxygen atoms in total. The van der Waals surface area contributed by atoms with Crippen LogP contribution in [0.1, 0.15) is 18.1 Å². The lowest BCUT2D eigenvalue weighted by Gasteiger charge is -2.23. The summed E-state index contributed by atoms with van der Waals surface area (Å²) in [5.41, 5.74) is 2.30. The second-order valence-corrected chi connectivity index (χ2v) is 14.6. The molecule has 208 valence electrons. The molecule has 0 spiro atoms. The zero-order valence-corrected chi connectivity index (χ0v) is 24.9. The molecule has 0 amide bonds. The molecule has 2 aromatic carbocycles. The Bertz CT molecular complexity index is 1010. The zero-order chi connectivity index (χ0) is 27.1. The van der Waals surface area contributed by atoms with E-state index < -0.39 is 17.6 Å². The van der Waals surface area contributed by atoms with E-state index in [1.165, 1.54) is 12.7 Å². The summed E-state index contributed by atoms with van der Waals surface area (Å²) >= 11 is 1.04. The molecule has 0 radical (unpaired) electrons. The number of hydrogen-bond donors (Lipinski definition) is 0. The largest absolute Gasteiger partial charge is 0.497 e. The smallest absolute Gasteiger partial charge is 0.390 e. The second kappa shape index (κ2) is 17.2. The number of rotatable bonds is 19. The van der Waals surface area contributed by atoms with Crippen LogP contribution in [0.25, 0.3) is 0 Å². The average Bonchev–Trinajstić information content (AvgIpc) is 2.90. The van der Waals surface area contributed by atoms with Crippen molar-refractivity contribution >= 4 is 29.0 Å². The summed E-state index contributed by atoms with van der Waals surface area (Å²) in [7, 11) is 5.97. The van der Waals surface area contributed by atoms with Crippen LogP contribution in [0.15, 0.2) is 48.5 Å². The van der Waals surface area contributed by atoms with Crippen molar-refractivity contribution in [3.63, 3.8) is 0 Å².